The van der Waals surface area contributed by atoms with Crippen LogP contribution in [0.25, 0.3) is 5.69 Å². The molecule has 2 aromatic heterocycles. The molecule has 2 heterocycles. The third-order valence-electron chi connectivity index (χ3n) is 2.21. The zero-order chi connectivity index (χ0) is 14.3. The number of hydrogen-bond acceptors (Lipinski definition) is 3. The molecule has 0 aliphatic heterocycles. The summed E-state index contributed by atoms with van der Waals surface area (Å²) in [7, 11) is 0. The zero-order valence-electron chi connectivity index (χ0n) is 11.4. The molecule has 0 bridgehead atoms. The molecule has 0 aliphatic carbocycles. The fraction of sp³-hybridized carbons (Fsp3) is 0.267. The van der Waals surface area contributed by atoms with Gasteiger partial charge in [0.15, 0.2) is 0 Å². The van der Waals surface area contributed by atoms with Crippen LogP contribution in [0.1, 0.15) is 31.5 Å². The summed E-state index contributed by atoms with van der Waals surface area (Å²) >= 11 is 0. The van der Waals surface area contributed by atoms with Gasteiger partial charge in [-0.05, 0) is 25.1 Å². The standard InChI is InChI=1S/C12H9N3O.C3H8/c1-9-2-4-11(7-14-9)15-8-10(6-13)3-5-12(15)16;1-3-2/h2-5,7-8H,1H3;3H2,1-2H3. The lowest BCUT2D eigenvalue weighted by atomic mass is 10.3. The van der Waals surface area contributed by atoms with Crippen molar-refractivity contribution in [2.24, 2.45) is 0 Å². The maximum atomic E-state index is 11.6. The number of rotatable bonds is 1. The average molecular weight is 255 g/mol. The predicted molar refractivity (Wildman–Crippen MR) is 75.3 cm³/mol. The SMILES string of the molecule is CCC.Cc1ccc(-n2cc(C#N)ccc2=O)cn1. The molecule has 0 N–H and O–H groups in total. The van der Waals surface area contributed by atoms with Gasteiger partial charge in [0.1, 0.15) is 6.07 Å². The molecule has 0 amide bonds. The summed E-state index contributed by atoms with van der Waals surface area (Å²) in [5, 5.41) is 8.76. The van der Waals surface area contributed by atoms with Crippen molar-refractivity contribution < 1.29 is 0 Å². The zero-order valence-corrected chi connectivity index (χ0v) is 11.4. The highest BCUT2D eigenvalue weighted by atomic mass is 16.1. The monoisotopic (exact) mass is 255 g/mol. The summed E-state index contributed by atoms with van der Waals surface area (Å²) in [4.78, 5) is 15.7. The van der Waals surface area contributed by atoms with E-state index in [0.29, 0.717) is 11.3 Å². The summed E-state index contributed by atoms with van der Waals surface area (Å²) in [5.41, 5.74) is 1.81. The van der Waals surface area contributed by atoms with Crippen LogP contribution in [0, 0.1) is 18.3 Å². The molecule has 0 atom stereocenters. The largest absolute Gasteiger partial charge is 0.281 e. The lowest BCUT2D eigenvalue weighted by Crippen LogP contribution is -2.16. The van der Waals surface area contributed by atoms with E-state index in [2.05, 4.69) is 18.8 Å². The van der Waals surface area contributed by atoms with Crippen LogP contribution in [0.4, 0.5) is 0 Å². The number of nitrogens with zero attached hydrogens (tertiary/aromatic N) is 3. The third kappa shape index (κ3) is 4.07. The van der Waals surface area contributed by atoms with E-state index in [1.54, 1.807) is 12.3 Å². The highest BCUT2D eigenvalue weighted by Crippen LogP contribution is 2.05. The van der Waals surface area contributed by atoms with Crippen molar-refractivity contribution in [3.8, 4) is 11.8 Å². The van der Waals surface area contributed by atoms with Crippen LogP contribution in [0.15, 0.2) is 41.5 Å². The highest BCUT2D eigenvalue weighted by molar-refractivity contribution is 5.34. The van der Waals surface area contributed by atoms with Gasteiger partial charge >= 0.3 is 0 Å². The first-order chi connectivity index (χ1) is 9.12. The second kappa shape index (κ2) is 7.12. The summed E-state index contributed by atoms with van der Waals surface area (Å²) in [6.07, 6.45) is 4.37. The Morgan fingerprint density at radius 1 is 1.26 bits per heavy atom. The van der Waals surface area contributed by atoms with Gasteiger partial charge in [0.25, 0.3) is 5.56 Å². The van der Waals surface area contributed by atoms with Crippen molar-refractivity contribution in [3.05, 3.63) is 58.3 Å². The van der Waals surface area contributed by atoms with E-state index in [-0.39, 0.29) is 5.56 Å². The quantitative estimate of drug-likeness (QED) is 0.787. The van der Waals surface area contributed by atoms with Gasteiger partial charge in [-0.25, -0.2) is 0 Å². The third-order valence-corrected chi connectivity index (χ3v) is 2.21. The molecular weight excluding hydrogens is 238 g/mol. The molecule has 4 heteroatoms. The lowest BCUT2D eigenvalue weighted by molar-refractivity contribution is 0.968. The Morgan fingerprint density at radius 2 is 1.95 bits per heavy atom. The number of pyridine rings is 2. The van der Waals surface area contributed by atoms with Crippen LogP contribution >= 0.6 is 0 Å². The molecule has 98 valence electrons. The van der Waals surface area contributed by atoms with Crippen molar-refractivity contribution in [3.63, 3.8) is 0 Å². The maximum Gasteiger partial charge on any atom is 0.255 e. The van der Waals surface area contributed by atoms with Crippen molar-refractivity contribution >= 4 is 0 Å². The van der Waals surface area contributed by atoms with Gasteiger partial charge in [-0.15, -0.1) is 0 Å². The Hall–Kier alpha value is -2.41. The van der Waals surface area contributed by atoms with Crippen LogP contribution in [-0.2, 0) is 0 Å². The van der Waals surface area contributed by atoms with Gasteiger partial charge in [-0.1, -0.05) is 20.3 Å². The number of nitriles is 1. The molecule has 0 saturated heterocycles. The van der Waals surface area contributed by atoms with E-state index >= 15 is 0 Å². The summed E-state index contributed by atoms with van der Waals surface area (Å²) in [6.45, 7) is 6.12. The van der Waals surface area contributed by atoms with E-state index in [9.17, 15) is 4.79 Å². The van der Waals surface area contributed by atoms with Crippen LogP contribution in [-0.4, -0.2) is 9.55 Å². The molecule has 19 heavy (non-hydrogen) atoms. The molecule has 0 fully saturated rings. The fourth-order valence-electron chi connectivity index (χ4n) is 1.36. The van der Waals surface area contributed by atoms with Crippen LogP contribution < -0.4 is 5.56 Å². The Balaban J connectivity index is 0.000000550. The minimum atomic E-state index is -0.176. The van der Waals surface area contributed by atoms with Gasteiger partial charge in [-0.2, -0.15) is 5.26 Å². The Labute approximate surface area is 113 Å². The number of hydrogen-bond donors (Lipinski definition) is 0. The van der Waals surface area contributed by atoms with E-state index in [1.165, 1.54) is 29.3 Å². The first-order valence-electron chi connectivity index (χ1n) is 6.18. The molecule has 0 aromatic carbocycles. The fourth-order valence-corrected chi connectivity index (χ4v) is 1.36. The van der Waals surface area contributed by atoms with Crippen molar-refractivity contribution in [2.45, 2.75) is 27.2 Å². The van der Waals surface area contributed by atoms with Gasteiger partial charge in [0.2, 0.25) is 0 Å². The van der Waals surface area contributed by atoms with E-state index in [0.717, 1.165) is 5.69 Å². The highest BCUT2D eigenvalue weighted by Gasteiger charge is 2.01. The smallest absolute Gasteiger partial charge is 0.255 e. The molecule has 0 unspecified atom stereocenters. The minimum absolute atomic E-state index is 0.176. The second-order valence-corrected chi connectivity index (χ2v) is 4.10. The minimum Gasteiger partial charge on any atom is -0.281 e. The van der Waals surface area contributed by atoms with Gasteiger partial charge in [-0.3, -0.25) is 14.3 Å². The normalized spacial score (nSPS) is 9.16. The first-order valence-corrected chi connectivity index (χ1v) is 6.18. The van der Waals surface area contributed by atoms with Crippen LogP contribution in [0.2, 0.25) is 0 Å². The number of aromatic nitrogens is 2. The molecule has 0 spiro atoms. The van der Waals surface area contributed by atoms with E-state index in [4.69, 9.17) is 5.26 Å². The molecular formula is C15H17N3O. The molecule has 0 saturated carbocycles. The van der Waals surface area contributed by atoms with E-state index < -0.39 is 0 Å². The molecule has 2 rings (SSSR count). The second-order valence-electron chi connectivity index (χ2n) is 4.10. The average Bonchev–Trinajstić information content (AvgIpc) is 2.41. The van der Waals surface area contributed by atoms with Crippen molar-refractivity contribution in [2.75, 3.05) is 0 Å². The van der Waals surface area contributed by atoms with Gasteiger partial charge < -0.3 is 0 Å². The first kappa shape index (κ1) is 14.7. The molecule has 0 radical (unpaired) electrons. The van der Waals surface area contributed by atoms with Gasteiger partial charge in [0.05, 0.1) is 17.4 Å². The van der Waals surface area contributed by atoms with Crippen LogP contribution in [0.5, 0.6) is 0 Å². The van der Waals surface area contributed by atoms with Gasteiger partial charge in [0, 0.05) is 18.0 Å². The Kier molecular flexibility index (Phi) is 5.49. The summed E-state index contributed by atoms with van der Waals surface area (Å²) < 4.78 is 1.41. The van der Waals surface area contributed by atoms with Crippen LogP contribution in [0.3, 0.4) is 0 Å². The molecule has 2 aromatic rings. The van der Waals surface area contributed by atoms with Crippen molar-refractivity contribution in [1.29, 1.82) is 5.26 Å². The predicted octanol–water partition coefficient (Wildman–Crippen LogP) is 2.83. The Morgan fingerprint density at radius 3 is 2.47 bits per heavy atom. The maximum absolute atomic E-state index is 11.6. The topological polar surface area (TPSA) is 58.7 Å². The summed E-state index contributed by atoms with van der Waals surface area (Å²) in [5.74, 6) is 0. The summed E-state index contributed by atoms with van der Waals surface area (Å²) in [6, 6.07) is 8.49. The Bertz CT molecular complexity index is 621. The molecule has 0 aliphatic rings. The number of aryl methyl sites for hydroxylation is 1. The molecule has 4 nitrogen and oxygen atoms in total. The van der Waals surface area contributed by atoms with Crippen molar-refractivity contribution in [1.82, 2.24) is 9.55 Å². The van der Waals surface area contributed by atoms with E-state index in [1.807, 2.05) is 19.1 Å². The lowest BCUT2D eigenvalue weighted by Gasteiger charge is -2.04.